The molecule has 0 saturated carbocycles. The normalized spacial score (nSPS) is 12.4. The van der Waals surface area contributed by atoms with Crippen LogP contribution in [0.3, 0.4) is 0 Å². The summed E-state index contributed by atoms with van der Waals surface area (Å²) in [6.07, 6.45) is 1.60. The van der Waals surface area contributed by atoms with E-state index >= 15 is 0 Å². The lowest BCUT2D eigenvalue weighted by Crippen LogP contribution is -2.36. The second-order valence-electron chi connectivity index (χ2n) is 3.95. The van der Waals surface area contributed by atoms with Gasteiger partial charge in [-0.05, 0) is 31.0 Å². The van der Waals surface area contributed by atoms with Crippen LogP contribution in [0.1, 0.15) is 26.7 Å². The van der Waals surface area contributed by atoms with Crippen molar-refractivity contribution in [1.82, 2.24) is 4.31 Å². The van der Waals surface area contributed by atoms with Crippen LogP contribution in [0.2, 0.25) is 5.02 Å². The Labute approximate surface area is 108 Å². The maximum absolute atomic E-state index is 12.3. The molecule has 0 saturated heterocycles. The first kappa shape index (κ1) is 14.5. The predicted molar refractivity (Wildman–Crippen MR) is 70.8 cm³/mol. The summed E-state index contributed by atoms with van der Waals surface area (Å²) in [6.45, 7) is 3.97. The quantitative estimate of drug-likeness (QED) is 0.828. The van der Waals surface area contributed by atoms with Crippen molar-refractivity contribution in [1.29, 1.82) is 0 Å². The van der Waals surface area contributed by atoms with Crippen molar-refractivity contribution < 1.29 is 8.42 Å². The van der Waals surface area contributed by atoms with Gasteiger partial charge in [0.2, 0.25) is 10.0 Å². The van der Waals surface area contributed by atoms with Gasteiger partial charge in [-0.25, -0.2) is 8.42 Å². The maximum Gasteiger partial charge on any atom is 0.243 e. The highest BCUT2D eigenvalue weighted by Crippen LogP contribution is 2.21. The Kier molecular flexibility index (Phi) is 4.98. The topological polar surface area (TPSA) is 37.4 Å². The number of benzene rings is 1. The molecule has 0 unspecified atom stereocenters. The van der Waals surface area contributed by atoms with Gasteiger partial charge in [0.15, 0.2) is 0 Å². The van der Waals surface area contributed by atoms with Crippen molar-refractivity contribution in [3.05, 3.63) is 29.3 Å². The molecule has 17 heavy (non-hydrogen) atoms. The van der Waals surface area contributed by atoms with Crippen molar-refractivity contribution >= 4 is 21.6 Å². The Morgan fingerprint density at radius 3 is 2.35 bits per heavy atom. The van der Waals surface area contributed by atoms with E-state index in [2.05, 4.69) is 0 Å². The summed E-state index contributed by atoms with van der Waals surface area (Å²) >= 11 is 5.82. The standard InChI is InChI=1S/C12H18ClNO2S/c1-4-11(5-2)14(3)17(15,16)12-8-6-7-10(13)9-12/h6-9,11H,4-5H2,1-3H3. The Morgan fingerprint density at radius 1 is 1.29 bits per heavy atom. The van der Waals surface area contributed by atoms with Crippen LogP contribution in [0.4, 0.5) is 0 Å². The fourth-order valence-electron chi connectivity index (χ4n) is 1.79. The molecule has 0 radical (unpaired) electrons. The van der Waals surface area contributed by atoms with Gasteiger partial charge in [0, 0.05) is 18.1 Å². The first-order valence-electron chi connectivity index (χ1n) is 5.67. The van der Waals surface area contributed by atoms with Crippen LogP contribution < -0.4 is 0 Å². The van der Waals surface area contributed by atoms with Gasteiger partial charge in [-0.2, -0.15) is 4.31 Å². The van der Waals surface area contributed by atoms with Crippen LogP contribution in [-0.4, -0.2) is 25.8 Å². The fraction of sp³-hybridized carbons (Fsp3) is 0.500. The zero-order chi connectivity index (χ0) is 13.1. The van der Waals surface area contributed by atoms with E-state index in [1.54, 1.807) is 25.2 Å². The molecule has 0 aliphatic rings. The largest absolute Gasteiger partial charge is 0.243 e. The number of nitrogens with zero attached hydrogens (tertiary/aromatic N) is 1. The monoisotopic (exact) mass is 275 g/mol. The van der Waals surface area contributed by atoms with Crippen LogP contribution in [0, 0.1) is 0 Å². The zero-order valence-electron chi connectivity index (χ0n) is 10.4. The minimum atomic E-state index is -3.44. The van der Waals surface area contributed by atoms with Crippen LogP contribution in [-0.2, 0) is 10.0 Å². The highest BCUT2D eigenvalue weighted by molar-refractivity contribution is 7.89. The van der Waals surface area contributed by atoms with Crippen molar-refractivity contribution in [3.8, 4) is 0 Å². The highest BCUT2D eigenvalue weighted by Gasteiger charge is 2.25. The summed E-state index contributed by atoms with van der Waals surface area (Å²) in [7, 11) is -1.82. The first-order valence-corrected chi connectivity index (χ1v) is 7.48. The Morgan fingerprint density at radius 2 is 1.88 bits per heavy atom. The molecular weight excluding hydrogens is 258 g/mol. The molecule has 3 nitrogen and oxygen atoms in total. The summed E-state index contributed by atoms with van der Waals surface area (Å²) in [5, 5.41) is 0.434. The molecule has 0 heterocycles. The molecule has 0 N–H and O–H groups in total. The van der Waals surface area contributed by atoms with Gasteiger partial charge in [0.25, 0.3) is 0 Å². The highest BCUT2D eigenvalue weighted by atomic mass is 35.5. The molecule has 0 aromatic heterocycles. The lowest BCUT2D eigenvalue weighted by Gasteiger charge is -2.25. The second-order valence-corrected chi connectivity index (χ2v) is 6.38. The third-order valence-electron chi connectivity index (χ3n) is 2.93. The molecule has 5 heteroatoms. The molecule has 0 fully saturated rings. The van der Waals surface area contributed by atoms with E-state index in [-0.39, 0.29) is 10.9 Å². The van der Waals surface area contributed by atoms with E-state index in [1.165, 1.54) is 10.4 Å². The summed E-state index contributed by atoms with van der Waals surface area (Å²) < 4.78 is 26.1. The molecule has 1 rings (SSSR count). The van der Waals surface area contributed by atoms with Crippen LogP contribution >= 0.6 is 11.6 Å². The summed E-state index contributed by atoms with van der Waals surface area (Å²) in [5.74, 6) is 0. The van der Waals surface area contributed by atoms with Gasteiger partial charge in [0.05, 0.1) is 4.90 Å². The van der Waals surface area contributed by atoms with Gasteiger partial charge >= 0.3 is 0 Å². The second kappa shape index (κ2) is 5.85. The molecule has 0 spiro atoms. The molecule has 96 valence electrons. The van der Waals surface area contributed by atoms with Crippen LogP contribution in [0.5, 0.6) is 0 Å². The third-order valence-corrected chi connectivity index (χ3v) is 5.07. The van der Waals surface area contributed by atoms with E-state index < -0.39 is 10.0 Å². The molecule has 0 bridgehead atoms. The fourth-order valence-corrected chi connectivity index (χ4v) is 3.60. The smallest absolute Gasteiger partial charge is 0.207 e. The van der Waals surface area contributed by atoms with Crippen LogP contribution in [0.15, 0.2) is 29.2 Å². The van der Waals surface area contributed by atoms with Crippen molar-refractivity contribution in [2.75, 3.05) is 7.05 Å². The van der Waals surface area contributed by atoms with E-state index in [4.69, 9.17) is 11.6 Å². The van der Waals surface area contributed by atoms with E-state index in [9.17, 15) is 8.42 Å². The number of sulfonamides is 1. The Balaban J connectivity index is 3.11. The molecule has 1 aromatic rings. The molecule has 0 aliphatic carbocycles. The summed E-state index contributed by atoms with van der Waals surface area (Å²) in [6, 6.07) is 6.39. The SMILES string of the molecule is CCC(CC)N(C)S(=O)(=O)c1cccc(Cl)c1. The third kappa shape index (κ3) is 3.21. The number of hydrogen-bond donors (Lipinski definition) is 0. The van der Waals surface area contributed by atoms with Crippen LogP contribution in [0.25, 0.3) is 0 Å². The molecular formula is C12H18ClNO2S. The van der Waals surface area contributed by atoms with Gasteiger partial charge in [-0.3, -0.25) is 0 Å². The van der Waals surface area contributed by atoms with Gasteiger partial charge in [0.1, 0.15) is 0 Å². The number of hydrogen-bond acceptors (Lipinski definition) is 2. The minimum absolute atomic E-state index is 0.0268. The molecule has 0 atom stereocenters. The van der Waals surface area contributed by atoms with Gasteiger partial charge in [-0.15, -0.1) is 0 Å². The summed E-state index contributed by atoms with van der Waals surface area (Å²) in [5.41, 5.74) is 0. The lowest BCUT2D eigenvalue weighted by molar-refractivity contribution is 0.349. The molecule has 1 aromatic carbocycles. The average Bonchev–Trinajstić information content (AvgIpc) is 2.30. The van der Waals surface area contributed by atoms with Crippen molar-refractivity contribution in [3.63, 3.8) is 0 Å². The predicted octanol–water partition coefficient (Wildman–Crippen LogP) is 3.15. The van der Waals surface area contributed by atoms with E-state index in [0.29, 0.717) is 5.02 Å². The summed E-state index contributed by atoms with van der Waals surface area (Å²) in [4.78, 5) is 0.249. The first-order chi connectivity index (χ1) is 7.93. The van der Waals surface area contributed by atoms with E-state index in [1.807, 2.05) is 13.8 Å². The average molecular weight is 276 g/mol. The Hall–Kier alpha value is -0.580. The number of rotatable bonds is 5. The van der Waals surface area contributed by atoms with Gasteiger partial charge in [-0.1, -0.05) is 31.5 Å². The van der Waals surface area contributed by atoms with E-state index in [0.717, 1.165) is 12.8 Å². The van der Waals surface area contributed by atoms with Crippen molar-refractivity contribution in [2.45, 2.75) is 37.6 Å². The Bertz CT molecular complexity index is 469. The van der Waals surface area contributed by atoms with Gasteiger partial charge < -0.3 is 0 Å². The van der Waals surface area contributed by atoms with Crippen molar-refractivity contribution in [2.24, 2.45) is 0 Å². The maximum atomic E-state index is 12.3. The zero-order valence-corrected chi connectivity index (χ0v) is 11.9. The lowest BCUT2D eigenvalue weighted by atomic mass is 10.2. The molecule has 0 aliphatic heterocycles. The minimum Gasteiger partial charge on any atom is -0.207 e. The number of halogens is 1. The molecule has 0 amide bonds.